The van der Waals surface area contributed by atoms with Crippen LogP contribution in [0.4, 0.5) is 17.1 Å². The van der Waals surface area contributed by atoms with E-state index >= 15 is 0 Å². The van der Waals surface area contributed by atoms with Gasteiger partial charge in [-0.25, -0.2) is 0 Å². The molecule has 0 amide bonds. The van der Waals surface area contributed by atoms with Crippen LogP contribution in [0.1, 0.15) is 13.8 Å². The molecule has 3 aromatic rings. The molecular formula is C20H22N2O3. The molecule has 0 saturated carbocycles. The lowest BCUT2D eigenvalue weighted by Crippen LogP contribution is -2.46. The summed E-state index contributed by atoms with van der Waals surface area (Å²) in [6.07, 6.45) is 1.68. The van der Waals surface area contributed by atoms with Gasteiger partial charge in [-0.3, -0.25) is 0 Å². The number of furan rings is 1. The highest BCUT2D eigenvalue weighted by atomic mass is 16.5. The highest BCUT2D eigenvalue weighted by molar-refractivity contribution is 5.98. The molecule has 2 heterocycles. The lowest BCUT2D eigenvalue weighted by Gasteiger charge is -2.42. The number of hydrogen-bond donors (Lipinski definition) is 2. The first-order chi connectivity index (χ1) is 12.1. The maximum atomic E-state index is 9.00. The summed E-state index contributed by atoms with van der Waals surface area (Å²) in [7, 11) is 0. The van der Waals surface area contributed by atoms with Crippen molar-refractivity contribution in [3.8, 4) is 5.75 Å². The summed E-state index contributed by atoms with van der Waals surface area (Å²) in [6, 6.07) is 14.3. The topological polar surface area (TPSA) is 57.9 Å². The predicted octanol–water partition coefficient (Wildman–Crippen LogP) is 4.15. The smallest absolute Gasteiger partial charge is 0.177 e. The van der Waals surface area contributed by atoms with Gasteiger partial charge in [-0.1, -0.05) is 12.1 Å². The van der Waals surface area contributed by atoms with E-state index in [0.29, 0.717) is 11.3 Å². The van der Waals surface area contributed by atoms with E-state index in [-0.39, 0.29) is 18.8 Å². The highest BCUT2D eigenvalue weighted by Crippen LogP contribution is 2.43. The zero-order valence-electron chi connectivity index (χ0n) is 14.5. The Kier molecular flexibility index (Phi) is 3.81. The maximum Gasteiger partial charge on any atom is 0.177 e. The Bertz CT molecular complexity index is 901. The van der Waals surface area contributed by atoms with Crippen LogP contribution >= 0.6 is 0 Å². The number of rotatable bonds is 4. The Labute approximate surface area is 146 Å². The molecule has 0 bridgehead atoms. The minimum atomic E-state index is -0.0591. The van der Waals surface area contributed by atoms with Gasteiger partial charge in [0.15, 0.2) is 11.3 Å². The lowest BCUT2D eigenvalue weighted by molar-refractivity contribution is 0.201. The van der Waals surface area contributed by atoms with Crippen molar-refractivity contribution in [2.75, 3.05) is 30.0 Å². The van der Waals surface area contributed by atoms with Crippen molar-refractivity contribution in [1.29, 1.82) is 0 Å². The number of hydrogen-bond acceptors (Lipinski definition) is 5. The van der Waals surface area contributed by atoms with Gasteiger partial charge in [-0.15, -0.1) is 0 Å². The van der Waals surface area contributed by atoms with Gasteiger partial charge in [-0.2, -0.15) is 0 Å². The third-order valence-electron chi connectivity index (χ3n) is 4.42. The van der Waals surface area contributed by atoms with Gasteiger partial charge in [0.1, 0.15) is 6.61 Å². The number of nitrogens with zero attached hydrogens (tertiary/aromatic N) is 1. The van der Waals surface area contributed by atoms with Crippen LogP contribution in [0.25, 0.3) is 11.0 Å². The fourth-order valence-electron chi connectivity index (χ4n) is 3.44. The van der Waals surface area contributed by atoms with E-state index in [0.717, 1.165) is 29.0 Å². The molecular weight excluding hydrogens is 316 g/mol. The zero-order valence-corrected chi connectivity index (χ0v) is 14.5. The van der Waals surface area contributed by atoms with Gasteiger partial charge >= 0.3 is 0 Å². The number of benzene rings is 2. The van der Waals surface area contributed by atoms with E-state index in [2.05, 4.69) is 48.3 Å². The number of nitrogens with one attached hydrogen (secondary N) is 1. The summed E-state index contributed by atoms with van der Waals surface area (Å²) in [5.41, 5.74) is 4.00. The molecule has 2 aromatic carbocycles. The molecule has 1 aromatic heterocycles. The van der Waals surface area contributed by atoms with E-state index < -0.39 is 0 Å². The van der Waals surface area contributed by atoms with Crippen LogP contribution < -0.4 is 15.0 Å². The molecule has 5 heteroatoms. The molecule has 5 nitrogen and oxygen atoms in total. The van der Waals surface area contributed by atoms with Gasteiger partial charge in [-0.05, 0) is 44.2 Å². The quantitative estimate of drug-likeness (QED) is 0.748. The second-order valence-corrected chi connectivity index (χ2v) is 6.93. The molecule has 0 atom stereocenters. The van der Waals surface area contributed by atoms with E-state index in [4.69, 9.17) is 14.3 Å². The second-order valence-electron chi connectivity index (χ2n) is 6.93. The van der Waals surface area contributed by atoms with Crippen molar-refractivity contribution >= 4 is 28.0 Å². The summed E-state index contributed by atoms with van der Waals surface area (Å²) in [6.45, 7) is 5.45. The number of fused-ring (bicyclic) bond motifs is 2. The van der Waals surface area contributed by atoms with Crippen molar-refractivity contribution in [3.05, 3.63) is 48.7 Å². The van der Waals surface area contributed by atoms with Crippen molar-refractivity contribution in [2.24, 2.45) is 0 Å². The van der Waals surface area contributed by atoms with Gasteiger partial charge in [0.25, 0.3) is 0 Å². The fraction of sp³-hybridized carbons (Fsp3) is 0.300. The Morgan fingerprint density at radius 1 is 1.16 bits per heavy atom. The lowest BCUT2D eigenvalue weighted by atomic mass is 9.98. The van der Waals surface area contributed by atoms with Crippen LogP contribution in [0, 0.1) is 0 Å². The van der Waals surface area contributed by atoms with E-state index in [9.17, 15) is 0 Å². The summed E-state index contributed by atoms with van der Waals surface area (Å²) >= 11 is 0. The number of aliphatic hydroxyl groups excluding tert-OH is 1. The first-order valence-corrected chi connectivity index (χ1v) is 8.48. The Hall–Kier alpha value is -2.66. The summed E-state index contributed by atoms with van der Waals surface area (Å²) in [5, 5.41) is 13.6. The van der Waals surface area contributed by atoms with Gasteiger partial charge in [0, 0.05) is 17.5 Å². The van der Waals surface area contributed by atoms with Crippen LogP contribution in [0.2, 0.25) is 0 Å². The number of ether oxygens (including phenoxy) is 1. The number of aliphatic hydroxyl groups is 1. The van der Waals surface area contributed by atoms with Crippen LogP contribution in [-0.4, -0.2) is 30.4 Å². The summed E-state index contributed by atoms with van der Waals surface area (Å²) in [4.78, 5) is 2.32. The average molecular weight is 338 g/mol. The third-order valence-corrected chi connectivity index (χ3v) is 4.42. The molecule has 0 fully saturated rings. The Morgan fingerprint density at radius 3 is 2.84 bits per heavy atom. The van der Waals surface area contributed by atoms with Crippen LogP contribution in [0.5, 0.6) is 5.75 Å². The maximum absolute atomic E-state index is 9.00. The Morgan fingerprint density at radius 2 is 2.00 bits per heavy atom. The zero-order chi connectivity index (χ0) is 17.4. The minimum absolute atomic E-state index is 0.0245. The number of para-hydroxylation sites is 2. The molecule has 4 rings (SSSR count). The van der Waals surface area contributed by atoms with Gasteiger partial charge in [0.2, 0.25) is 0 Å². The van der Waals surface area contributed by atoms with Crippen LogP contribution in [-0.2, 0) is 0 Å². The van der Waals surface area contributed by atoms with Gasteiger partial charge < -0.3 is 24.5 Å². The predicted molar refractivity (Wildman–Crippen MR) is 99.9 cm³/mol. The average Bonchev–Trinajstić information content (AvgIpc) is 3.08. The molecule has 2 N–H and O–H groups in total. The third kappa shape index (κ3) is 2.81. The summed E-state index contributed by atoms with van der Waals surface area (Å²) < 4.78 is 11.3. The minimum Gasteiger partial charge on any atom is -0.487 e. The SMILES string of the molecule is CC1(C)CN(c2ccc(OCCO)c3occc23)c2ccccc2N1. The normalized spacial score (nSPS) is 15.7. The van der Waals surface area contributed by atoms with Crippen LogP contribution in [0.3, 0.4) is 0 Å². The first kappa shape index (κ1) is 15.8. The van der Waals surface area contributed by atoms with E-state index in [1.165, 1.54) is 0 Å². The fourth-order valence-corrected chi connectivity index (χ4v) is 3.44. The Balaban J connectivity index is 1.84. The van der Waals surface area contributed by atoms with Crippen molar-refractivity contribution in [1.82, 2.24) is 0 Å². The highest BCUT2D eigenvalue weighted by Gasteiger charge is 2.31. The largest absolute Gasteiger partial charge is 0.487 e. The first-order valence-electron chi connectivity index (χ1n) is 8.48. The molecule has 0 unspecified atom stereocenters. The van der Waals surface area contributed by atoms with Crippen molar-refractivity contribution in [3.63, 3.8) is 0 Å². The molecule has 25 heavy (non-hydrogen) atoms. The van der Waals surface area contributed by atoms with Gasteiger partial charge in [0.05, 0.1) is 29.9 Å². The second kappa shape index (κ2) is 6.01. The van der Waals surface area contributed by atoms with Crippen LogP contribution in [0.15, 0.2) is 53.1 Å². The monoisotopic (exact) mass is 338 g/mol. The van der Waals surface area contributed by atoms with E-state index in [1.54, 1.807) is 6.26 Å². The molecule has 1 aliphatic rings. The van der Waals surface area contributed by atoms with Crippen molar-refractivity contribution in [2.45, 2.75) is 19.4 Å². The molecule has 1 aliphatic heterocycles. The molecule has 130 valence electrons. The number of anilines is 3. The van der Waals surface area contributed by atoms with E-state index in [1.807, 2.05) is 18.2 Å². The van der Waals surface area contributed by atoms with Crippen molar-refractivity contribution < 1.29 is 14.3 Å². The molecule has 0 saturated heterocycles. The molecule has 0 radical (unpaired) electrons. The summed E-state index contributed by atoms with van der Waals surface area (Å²) in [5.74, 6) is 0.653. The molecule has 0 spiro atoms. The molecule has 0 aliphatic carbocycles. The standard InChI is InChI=1S/C20H22N2O3/c1-20(2)13-22(17-6-4-3-5-15(17)21-20)16-7-8-18(24-12-10-23)19-14(16)9-11-25-19/h3-9,11,21,23H,10,12-13H2,1-2H3.